The Labute approximate surface area is 304 Å². The van der Waals surface area contributed by atoms with Crippen molar-refractivity contribution in [3.05, 3.63) is 122 Å². The van der Waals surface area contributed by atoms with Gasteiger partial charge in [-0.15, -0.1) is 0 Å². The van der Waals surface area contributed by atoms with E-state index in [1.165, 1.54) is 0 Å². The molecule has 0 saturated heterocycles. The summed E-state index contributed by atoms with van der Waals surface area (Å²) >= 11 is 0. The van der Waals surface area contributed by atoms with E-state index in [2.05, 4.69) is 19.9 Å². The van der Waals surface area contributed by atoms with E-state index in [1.807, 2.05) is 97.1 Å². The van der Waals surface area contributed by atoms with E-state index in [0.717, 1.165) is 87.7 Å². The second-order valence-corrected chi connectivity index (χ2v) is 10.4. The Bertz CT molecular complexity index is 2390. The minimum Gasteiger partial charge on any atom is -1.00 e. The molecule has 0 saturated carbocycles. The van der Waals surface area contributed by atoms with Crippen LogP contribution in [0.5, 0.6) is 0 Å². The Morgan fingerprint density at radius 2 is 0.500 bits per heavy atom. The van der Waals surface area contributed by atoms with Crippen molar-refractivity contribution in [3.8, 4) is 0 Å². The van der Waals surface area contributed by atoms with Gasteiger partial charge >= 0.3 is 19.5 Å². The Balaban J connectivity index is 0.000000173. The first kappa shape index (κ1) is 34.5. The van der Waals surface area contributed by atoms with E-state index >= 15 is 0 Å². The summed E-state index contributed by atoms with van der Waals surface area (Å²) in [6.07, 6.45) is 7.15. The molecule has 6 heterocycles. The summed E-state index contributed by atoms with van der Waals surface area (Å²) < 4.78 is 0. The van der Waals surface area contributed by atoms with Gasteiger partial charge in [-0.3, -0.25) is 19.9 Å². The predicted molar refractivity (Wildman–Crippen MR) is 175 cm³/mol. The molecule has 0 atom stereocenters. The second-order valence-electron chi connectivity index (χ2n) is 10.4. The van der Waals surface area contributed by atoms with E-state index in [4.69, 9.17) is 19.9 Å². The average molecular weight is 774 g/mol. The van der Waals surface area contributed by atoms with Crippen LogP contribution in [0.3, 0.4) is 0 Å². The number of hydrogen-bond acceptors (Lipinski definition) is 8. The van der Waals surface area contributed by atoms with Crippen LogP contribution in [0.1, 0.15) is 0 Å². The molecule has 0 N–H and O–H groups in total. The molecule has 48 heavy (non-hydrogen) atoms. The molecule has 4 aromatic carbocycles. The number of hydrogen-bond donors (Lipinski definition) is 0. The van der Waals surface area contributed by atoms with Gasteiger partial charge in [-0.25, -0.2) is 19.9 Å². The largest absolute Gasteiger partial charge is 3.00 e. The summed E-state index contributed by atoms with van der Waals surface area (Å²) in [6, 6.07) is 31.7. The van der Waals surface area contributed by atoms with E-state index in [0.29, 0.717) is 0 Å². The number of fused-ring (bicyclic) bond motifs is 14. The van der Waals surface area contributed by atoms with Crippen molar-refractivity contribution >= 4 is 87.7 Å². The Morgan fingerprint density at radius 3 is 0.729 bits per heavy atom. The monoisotopic (exact) mass is 772 g/mol. The van der Waals surface area contributed by atoms with Gasteiger partial charge in [-0.1, -0.05) is 24.3 Å². The predicted octanol–water partition coefficient (Wildman–Crippen LogP) is -1.23. The van der Waals surface area contributed by atoms with Crippen molar-refractivity contribution in [2.24, 2.45) is 0 Å². The van der Waals surface area contributed by atoms with Gasteiger partial charge in [0.05, 0.1) is 66.2 Å². The quantitative estimate of drug-likeness (QED) is 0.107. The molecule has 0 radical (unpaired) electrons. The summed E-state index contributed by atoms with van der Waals surface area (Å²) in [6.45, 7) is 0. The zero-order valence-electron chi connectivity index (χ0n) is 24.6. The first-order valence-electron chi connectivity index (χ1n) is 14.2. The van der Waals surface area contributed by atoms with Crippen molar-refractivity contribution in [2.75, 3.05) is 0 Å². The molecule has 8 nitrogen and oxygen atoms in total. The molecule has 12 heteroatoms. The Hall–Kier alpha value is -4.79. The third-order valence-electron chi connectivity index (χ3n) is 7.84. The first-order chi connectivity index (χ1) is 21.8. The van der Waals surface area contributed by atoms with Crippen molar-refractivity contribution in [2.45, 2.75) is 0 Å². The number of benzene rings is 4. The van der Waals surface area contributed by atoms with Gasteiger partial charge in [-0.2, -0.15) is 0 Å². The molecule has 0 aliphatic rings. The Morgan fingerprint density at radius 1 is 0.271 bits per heavy atom. The van der Waals surface area contributed by atoms with Gasteiger partial charge in [0.15, 0.2) is 0 Å². The van der Waals surface area contributed by atoms with Crippen molar-refractivity contribution in [1.29, 1.82) is 0 Å². The van der Waals surface area contributed by atoms with Crippen LogP contribution in [0.2, 0.25) is 0 Å². The van der Waals surface area contributed by atoms with Crippen LogP contribution in [0.4, 0.5) is 0 Å². The second kappa shape index (κ2) is 14.1. The number of halogens is 3. The third kappa shape index (κ3) is 5.59. The molecule has 6 aromatic heterocycles. The summed E-state index contributed by atoms with van der Waals surface area (Å²) in [5.41, 5.74) is 10.6. The molecular weight excluding hydrogens is 754 g/mol. The summed E-state index contributed by atoms with van der Waals surface area (Å²) in [5, 5.41) is 3.95. The standard InChI is InChI=1S/2C18H10N4.3ClH.Rh/c2*1-2-8-14-13(7-1)21-17-11-5-3-9-19-15(11)16-12(18(17)22-14)6-4-10-20-16;;;;/h2*1-10H;3*1H;/q;;;;;+3/p-3. The molecule has 0 aliphatic heterocycles. The summed E-state index contributed by atoms with van der Waals surface area (Å²) in [5.74, 6) is 0. The zero-order chi connectivity index (χ0) is 29.0. The van der Waals surface area contributed by atoms with E-state index in [-0.39, 0.29) is 56.7 Å². The van der Waals surface area contributed by atoms with Crippen molar-refractivity contribution < 1.29 is 56.7 Å². The molecular formula is C36H20Cl3N8Rh. The summed E-state index contributed by atoms with van der Waals surface area (Å²) in [4.78, 5) is 37.3. The van der Waals surface area contributed by atoms with Crippen LogP contribution in [-0.2, 0) is 19.5 Å². The van der Waals surface area contributed by atoms with Crippen molar-refractivity contribution in [3.63, 3.8) is 0 Å². The molecule has 0 amide bonds. The normalized spacial score (nSPS) is 10.7. The minimum absolute atomic E-state index is 0. The van der Waals surface area contributed by atoms with Gasteiger partial charge in [0.1, 0.15) is 0 Å². The molecule has 234 valence electrons. The van der Waals surface area contributed by atoms with Gasteiger partial charge in [0, 0.05) is 46.3 Å². The molecule has 0 bridgehead atoms. The maximum atomic E-state index is 4.83. The number of aromatic nitrogens is 8. The smallest absolute Gasteiger partial charge is 1.00 e. The minimum atomic E-state index is 0. The SMILES string of the molecule is [Cl-].[Cl-].[Cl-].[Rh+3].c1ccc2nc3c4cccnc4c4ncccc4c3nc2c1.c1ccc2nc3c4cccnc4c4ncccc4c3nc2c1. The average Bonchev–Trinajstić information content (AvgIpc) is 3.11. The molecule has 0 spiro atoms. The fraction of sp³-hybridized carbons (Fsp3) is 0. The third-order valence-corrected chi connectivity index (χ3v) is 7.84. The van der Waals surface area contributed by atoms with Gasteiger partial charge in [0.25, 0.3) is 0 Å². The molecule has 10 aromatic rings. The van der Waals surface area contributed by atoms with E-state index in [1.54, 1.807) is 24.8 Å². The number of nitrogens with zero attached hydrogens (tertiary/aromatic N) is 8. The number of rotatable bonds is 0. The topological polar surface area (TPSA) is 103 Å². The fourth-order valence-electron chi connectivity index (χ4n) is 5.89. The van der Waals surface area contributed by atoms with E-state index < -0.39 is 0 Å². The van der Waals surface area contributed by atoms with Crippen LogP contribution in [0.15, 0.2) is 122 Å². The number of pyridine rings is 4. The van der Waals surface area contributed by atoms with Gasteiger partial charge in [-0.05, 0) is 72.8 Å². The summed E-state index contributed by atoms with van der Waals surface area (Å²) in [7, 11) is 0. The maximum Gasteiger partial charge on any atom is 3.00 e. The van der Waals surface area contributed by atoms with Crippen LogP contribution >= 0.6 is 0 Å². The molecule has 0 fully saturated rings. The molecule has 10 rings (SSSR count). The van der Waals surface area contributed by atoms with Gasteiger partial charge < -0.3 is 37.2 Å². The van der Waals surface area contributed by atoms with E-state index in [9.17, 15) is 0 Å². The van der Waals surface area contributed by atoms with Gasteiger partial charge in [0.2, 0.25) is 0 Å². The molecule has 0 aliphatic carbocycles. The zero-order valence-corrected chi connectivity index (χ0v) is 28.5. The van der Waals surface area contributed by atoms with Crippen LogP contribution < -0.4 is 37.2 Å². The maximum absolute atomic E-state index is 4.83. The first-order valence-corrected chi connectivity index (χ1v) is 14.2. The van der Waals surface area contributed by atoms with Crippen LogP contribution in [0.25, 0.3) is 87.7 Å². The van der Waals surface area contributed by atoms with Crippen molar-refractivity contribution in [1.82, 2.24) is 39.9 Å². The van der Waals surface area contributed by atoms with Crippen LogP contribution in [0, 0.1) is 0 Å². The molecule has 0 unspecified atom stereocenters. The fourth-order valence-corrected chi connectivity index (χ4v) is 5.89. The number of para-hydroxylation sites is 4. The Kier molecular flexibility index (Phi) is 10.2. The van der Waals surface area contributed by atoms with Crippen LogP contribution in [-0.4, -0.2) is 39.9 Å².